The van der Waals surface area contributed by atoms with Crippen molar-refractivity contribution in [1.82, 2.24) is 10.6 Å². The number of nitrogens with one attached hydrogen (secondary N) is 2. The lowest BCUT2D eigenvalue weighted by molar-refractivity contribution is -0.139. The molecule has 0 aromatic rings. The van der Waals surface area contributed by atoms with Gasteiger partial charge in [-0.3, -0.25) is 14.4 Å². The zero-order chi connectivity index (χ0) is 16.4. The summed E-state index contributed by atoms with van der Waals surface area (Å²) in [5.41, 5.74) is 0.0130. The van der Waals surface area contributed by atoms with Crippen molar-refractivity contribution in [3.8, 4) is 0 Å². The van der Waals surface area contributed by atoms with E-state index in [1.54, 1.807) is 0 Å². The summed E-state index contributed by atoms with van der Waals surface area (Å²) in [5.74, 6) is 1.08. The number of carbonyl (C=O) groups excluding carboxylic acids is 2. The first kappa shape index (κ1) is 16.3. The standard InChI is InChI=1S/C17H26N2O4/c20-14(1-2-16(22)23)18-4-3-15(21)19-17-8-11-5-12(9-17)7-13(6-11)10-17/h11-13H,1-10H2,(H,18,20)(H,19,21)(H,22,23). The predicted molar refractivity (Wildman–Crippen MR) is 83.5 cm³/mol. The molecule has 4 bridgehead atoms. The third kappa shape index (κ3) is 4.03. The summed E-state index contributed by atoms with van der Waals surface area (Å²) < 4.78 is 0. The van der Waals surface area contributed by atoms with E-state index < -0.39 is 5.97 Å². The highest BCUT2D eigenvalue weighted by atomic mass is 16.4. The maximum absolute atomic E-state index is 12.2. The van der Waals surface area contributed by atoms with Crippen LogP contribution in [0.2, 0.25) is 0 Å². The lowest BCUT2D eigenvalue weighted by Gasteiger charge is -2.56. The van der Waals surface area contributed by atoms with Gasteiger partial charge in [0.05, 0.1) is 6.42 Å². The molecule has 0 saturated heterocycles. The van der Waals surface area contributed by atoms with E-state index in [1.165, 1.54) is 19.3 Å². The second-order valence-corrected chi connectivity index (χ2v) is 7.74. The van der Waals surface area contributed by atoms with Crippen molar-refractivity contribution in [1.29, 1.82) is 0 Å². The van der Waals surface area contributed by atoms with Crippen LogP contribution in [0.5, 0.6) is 0 Å². The third-order valence-electron chi connectivity index (χ3n) is 5.68. The van der Waals surface area contributed by atoms with Crippen LogP contribution in [0.15, 0.2) is 0 Å². The van der Waals surface area contributed by atoms with Gasteiger partial charge in [0.2, 0.25) is 11.8 Å². The summed E-state index contributed by atoms with van der Waals surface area (Å²) in [4.78, 5) is 34.0. The highest BCUT2D eigenvalue weighted by Crippen LogP contribution is 2.55. The van der Waals surface area contributed by atoms with Gasteiger partial charge in [-0.05, 0) is 56.3 Å². The van der Waals surface area contributed by atoms with Crippen molar-refractivity contribution in [3.05, 3.63) is 0 Å². The maximum atomic E-state index is 12.2. The highest BCUT2D eigenvalue weighted by Gasteiger charge is 2.51. The van der Waals surface area contributed by atoms with Gasteiger partial charge in [0.1, 0.15) is 0 Å². The van der Waals surface area contributed by atoms with Gasteiger partial charge in [-0.1, -0.05) is 0 Å². The van der Waals surface area contributed by atoms with Crippen LogP contribution in [0.4, 0.5) is 0 Å². The summed E-state index contributed by atoms with van der Waals surface area (Å²) in [7, 11) is 0. The lowest BCUT2D eigenvalue weighted by Crippen LogP contribution is -2.60. The minimum Gasteiger partial charge on any atom is -0.481 e. The molecular weight excluding hydrogens is 296 g/mol. The smallest absolute Gasteiger partial charge is 0.303 e. The fourth-order valence-electron chi connectivity index (χ4n) is 5.25. The van der Waals surface area contributed by atoms with Crippen LogP contribution < -0.4 is 10.6 Å². The molecule has 3 N–H and O–H groups in total. The van der Waals surface area contributed by atoms with E-state index in [4.69, 9.17) is 5.11 Å². The summed E-state index contributed by atoms with van der Waals surface area (Å²) in [6, 6.07) is 0. The molecule has 0 spiro atoms. The van der Waals surface area contributed by atoms with E-state index in [-0.39, 0.29) is 43.2 Å². The lowest BCUT2D eigenvalue weighted by atomic mass is 9.53. The average Bonchev–Trinajstić information content (AvgIpc) is 2.43. The van der Waals surface area contributed by atoms with E-state index in [9.17, 15) is 14.4 Å². The molecule has 6 heteroatoms. The topological polar surface area (TPSA) is 95.5 Å². The van der Waals surface area contributed by atoms with Gasteiger partial charge in [0.15, 0.2) is 0 Å². The maximum Gasteiger partial charge on any atom is 0.303 e. The van der Waals surface area contributed by atoms with Gasteiger partial charge in [0.25, 0.3) is 0 Å². The Bertz CT molecular complexity index is 468. The molecule has 4 aliphatic rings. The van der Waals surface area contributed by atoms with Crippen LogP contribution in [-0.4, -0.2) is 35.0 Å². The third-order valence-corrected chi connectivity index (χ3v) is 5.68. The van der Waals surface area contributed by atoms with Crippen molar-refractivity contribution in [2.45, 2.75) is 63.3 Å². The summed E-state index contributed by atoms with van der Waals surface area (Å²) in [6.45, 7) is 0.274. The molecule has 0 atom stereocenters. The van der Waals surface area contributed by atoms with E-state index in [0.717, 1.165) is 37.0 Å². The van der Waals surface area contributed by atoms with Crippen LogP contribution >= 0.6 is 0 Å². The second-order valence-electron chi connectivity index (χ2n) is 7.74. The van der Waals surface area contributed by atoms with Crippen LogP contribution in [0.3, 0.4) is 0 Å². The van der Waals surface area contributed by atoms with E-state index >= 15 is 0 Å². The molecule has 4 fully saturated rings. The Hall–Kier alpha value is -1.59. The fourth-order valence-corrected chi connectivity index (χ4v) is 5.25. The van der Waals surface area contributed by atoms with Gasteiger partial charge in [0, 0.05) is 24.9 Å². The van der Waals surface area contributed by atoms with Crippen LogP contribution in [0.25, 0.3) is 0 Å². The van der Waals surface area contributed by atoms with Crippen LogP contribution in [0.1, 0.15) is 57.8 Å². The number of aliphatic carboxylic acids is 1. The monoisotopic (exact) mass is 322 g/mol. The molecule has 4 rings (SSSR count). The quantitative estimate of drug-likeness (QED) is 0.661. The zero-order valence-electron chi connectivity index (χ0n) is 13.5. The molecule has 0 unspecified atom stereocenters. The Morgan fingerprint density at radius 3 is 1.96 bits per heavy atom. The first-order valence-corrected chi connectivity index (χ1v) is 8.74. The molecule has 23 heavy (non-hydrogen) atoms. The zero-order valence-corrected chi connectivity index (χ0v) is 13.5. The number of rotatable bonds is 7. The molecule has 0 aliphatic heterocycles. The fraction of sp³-hybridized carbons (Fsp3) is 0.824. The Balaban J connectivity index is 1.40. The minimum absolute atomic E-state index is 0.00508. The van der Waals surface area contributed by atoms with E-state index in [1.807, 2.05) is 0 Å². The Kier molecular flexibility index (Phi) is 4.60. The molecule has 0 aromatic carbocycles. The summed E-state index contributed by atoms with van der Waals surface area (Å²) >= 11 is 0. The number of hydrogen-bond acceptors (Lipinski definition) is 3. The van der Waals surface area contributed by atoms with Gasteiger partial charge in [-0.15, -0.1) is 0 Å². The number of carbonyl (C=O) groups is 3. The molecule has 0 aromatic heterocycles. The van der Waals surface area contributed by atoms with Gasteiger partial charge < -0.3 is 15.7 Å². The van der Waals surface area contributed by atoms with Crippen molar-refractivity contribution in [2.24, 2.45) is 17.8 Å². The SMILES string of the molecule is O=C(O)CCC(=O)NCCC(=O)NC12CC3CC(CC(C3)C1)C2. The Morgan fingerprint density at radius 2 is 1.43 bits per heavy atom. The van der Waals surface area contributed by atoms with Gasteiger partial charge in [-0.25, -0.2) is 0 Å². The van der Waals surface area contributed by atoms with Gasteiger partial charge in [-0.2, -0.15) is 0 Å². The van der Waals surface area contributed by atoms with Crippen molar-refractivity contribution >= 4 is 17.8 Å². The van der Waals surface area contributed by atoms with Crippen molar-refractivity contribution in [2.75, 3.05) is 6.54 Å². The number of hydrogen-bond donors (Lipinski definition) is 3. The number of amides is 2. The summed E-state index contributed by atoms with van der Waals surface area (Å²) in [5, 5.41) is 14.4. The normalized spacial score (nSPS) is 34.2. The highest BCUT2D eigenvalue weighted by molar-refractivity contribution is 5.81. The van der Waals surface area contributed by atoms with E-state index in [2.05, 4.69) is 10.6 Å². The molecule has 4 aliphatic carbocycles. The summed E-state index contributed by atoms with van der Waals surface area (Å²) in [6.07, 6.45) is 7.44. The Morgan fingerprint density at radius 1 is 0.870 bits per heavy atom. The Labute approximate surface area is 136 Å². The van der Waals surface area contributed by atoms with Crippen molar-refractivity contribution < 1.29 is 19.5 Å². The first-order chi connectivity index (χ1) is 10.9. The average molecular weight is 322 g/mol. The molecule has 0 radical (unpaired) electrons. The van der Waals surface area contributed by atoms with Crippen LogP contribution in [0, 0.1) is 17.8 Å². The number of carboxylic acids is 1. The molecule has 128 valence electrons. The minimum atomic E-state index is -0.986. The van der Waals surface area contributed by atoms with Gasteiger partial charge >= 0.3 is 5.97 Å². The largest absolute Gasteiger partial charge is 0.481 e. The second kappa shape index (κ2) is 6.49. The molecule has 2 amide bonds. The molecule has 6 nitrogen and oxygen atoms in total. The van der Waals surface area contributed by atoms with E-state index in [0.29, 0.717) is 0 Å². The molecule has 4 saturated carbocycles. The van der Waals surface area contributed by atoms with Crippen molar-refractivity contribution in [3.63, 3.8) is 0 Å². The first-order valence-electron chi connectivity index (χ1n) is 8.74. The van der Waals surface area contributed by atoms with Crippen LogP contribution in [-0.2, 0) is 14.4 Å². The predicted octanol–water partition coefficient (Wildman–Crippen LogP) is 1.44. The number of carboxylic acid groups (broad SMARTS) is 1. The molecule has 0 heterocycles. The molecular formula is C17H26N2O4.